The number of nitriles is 1. The van der Waals surface area contributed by atoms with E-state index >= 15 is 0 Å². The molecule has 3 rings (SSSR count). The van der Waals surface area contributed by atoms with Gasteiger partial charge < -0.3 is 15.0 Å². The van der Waals surface area contributed by atoms with Crippen LogP contribution >= 0.6 is 0 Å². The smallest absolute Gasteiger partial charge is 0.169 e. The van der Waals surface area contributed by atoms with E-state index in [0.717, 1.165) is 24.1 Å². The molecule has 0 aliphatic carbocycles. The van der Waals surface area contributed by atoms with Crippen molar-refractivity contribution in [3.8, 4) is 6.07 Å². The molecule has 5 heteroatoms. The number of H-pyrrole nitrogens is 1. The van der Waals surface area contributed by atoms with E-state index in [4.69, 9.17) is 0 Å². The highest BCUT2D eigenvalue weighted by Gasteiger charge is 2.19. The molecule has 1 saturated heterocycles. The summed E-state index contributed by atoms with van der Waals surface area (Å²) in [6.45, 7) is 2.62. The van der Waals surface area contributed by atoms with Crippen molar-refractivity contribution >= 4 is 16.6 Å². The maximum Gasteiger partial charge on any atom is 0.169 e. The zero-order valence-electron chi connectivity index (χ0n) is 11.9. The summed E-state index contributed by atoms with van der Waals surface area (Å²) in [4.78, 5) is 8.83. The average molecular weight is 283 g/mol. The number of aromatic nitrogens is 2. The molecule has 0 amide bonds. The summed E-state index contributed by atoms with van der Waals surface area (Å²) in [7, 11) is 0. The highest BCUT2D eigenvalue weighted by atomic mass is 16.3. The van der Waals surface area contributed by atoms with Gasteiger partial charge in [0.15, 0.2) is 11.6 Å². The van der Waals surface area contributed by atoms with Crippen LogP contribution < -0.4 is 4.90 Å². The van der Waals surface area contributed by atoms with Crippen molar-refractivity contribution in [3.63, 3.8) is 0 Å². The van der Waals surface area contributed by atoms with Crippen molar-refractivity contribution in [2.75, 3.05) is 19.6 Å². The van der Waals surface area contributed by atoms with Gasteiger partial charge in [0.2, 0.25) is 0 Å². The second kappa shape index (κ2) is 5.98. The van der Waals surface area contributed by atoms with E-state index < -0.39 is 0 Å². The molecule has 0 unspecified atom stereocenters. The first kappa shape index (κ1) is 13.7. The van der Waals surface area contributed by atoms with Crippen LogP contribution in [-0.4, -0.2) is 34.7 Å². The minimum atomic E-state index is 0.133. The summed E-state index contributed by atoms with van der Waals surface area (Å²) in [6, 6.07) is 9.71. The standard InChI is InChI=1S/C16H18N4O/c17-10-12(15(21)11-20-8-4-1-5-9-20)16-18-13-6-2-3-7-14(13)19-16/h2-3,6-7,21H,1,4-5,8-9,11H2,(H,18,19)/p+1/b15-12-. The van der Waals surface area contributed by atoms with Crippen molar-refractivity contribution in [2.24, 2.45) is 0 Å². The van der Waals surface area contributed by atoms with Gasteiger partial charge in [-0.2, -0.15) is 5.26 Å². The van der Waals surface area contributed by atoms with E-state index in [1.54, 1.807) is 0 Å². The van der Waals surface area contributed by atoms with Gasteiger partial charge >= 0.3 is 0 Å². The Balaban J connectivity index is 1.88. The number of nitrogens with one attached hydrogen (secondary N) is 2. The maximum absolute atomic E-state index is 10.3. The summed E-state index contributed by atoms with van der Waals surface area (Å²) in [5, 5.41) is 19.7. The van der Waals surface area contributed by atoms with Crippen molar-refractivity contribution in [1.29, 1.82) is 5.26 Å². The van der Waals surface area contributed by atoms with E-state index in [1.165, 1.54) is 24.2 Å². The minimum Gasteiger partial charge on any atom is -0.506 e. The van der Waals surface area contributed by atoms with Gasteiger partial charge in [-0.15, -0.1) is 0 Å². The van der Waals surface area contributed by atoms with Gasteiger partial charge in [-0.3, -0.25) is 0 Å². The number of para-hydroxylation sites is 2. The molecule has 0 saturated carbocycles. The molecule has 108 valence electrons. The Morgan fingerprint density at radius 2 is 2.05 bits per heavy atom. The predicted molar refractivity (Wildman–Crippen MR) is 80.7 cm³/mol. The van der Waals surface area contributed by atoms with Gasteiger partial charge in [-0.25, -0.2) is 4.98 Å². The van der Waals surface area contributed by atoms with E-state index in [2.05, 4.69) is 16.0 Å². The number of allylic oxidation sites excluding steroid dienone is 1. The average Bonchev–Trinajstić information content (AvgIpc) is 2.92. The van der Waals surface area contributed by atoms with Gasteiger partial charge in [-0.1, -0.05) is 12.1 Å². The topological polar surface area (TPSA) is 77.1 Å². The zero-order valence-corrected chi connectivity index (χ0v) is 11.9. The van der Waals surface area contributed by atoms with Crippen LogP contribution in [0, 0.1) is 11.3 Å². The molecular weight excluding hydrogens is 264 g/mol. The van der Waals surface area contributed by atoms with Crippen LogP contribution in [0.4, 0.5) is 0 Å². The van der Waals surface area contributed by atoms with Crippen LogP contribution in [0.15, 0.2) is 30.0 Å². The fourth-order valence-corrected chi connectivity index (χ4v) is 2.88. The number of piperidine rings is 1. The lowest BCUT2D eigenvalue weighted by molar-refractivity contribution is -0.901. The van der Waals surface area contributed by atoms with Gasteiger partial charge in [0.25, 0.3) is 0 Å². The van der Waals surface area contributed by atoms with Crippen LogP contribution in [0.2, 0.25) is 0 Å². The van der Waals surface area contributed by atoms with Gasteiger partial charge in [0.05, 0.1) is 24.1 Å². The lowest BCUT2D eigenvalue weighted by atomic mass is 10.1. The second-order valence-electron chi connectivity index (χ2n) is 5.52. The van der Waals surface area contributed by atoms with Crippen molar-refractivity contribution in [1.82, 2.24) is 9.97 Å². The van der Waals surface area contributed by atoms with E-state index in [9.17, 15) is 10.4 Å². The number of rotatable bonds is 3. The fraction of sp³-hybridized carbons (Fsp3) is 0.375. The molecule has 1 aliphatic heterocycles. The number of aromatic amines is 1. The molecule has 21 heavy (non-hydrogen) atoms. The van der Waals surface area contributed by atoms with Gasteiger partial charge in [-0.05, 0) is 31.4 Å². The highest BCUT2D eigenvalue weighted by molar-refractivity contribution is 5.82. The third kappa shape index (κ3) is 2.91. The van der Waals surface area contributed by atoms with Crippen molar-refractivity contribution in [3.05, 3.63) is 35.8 Å². The third-order valence-electron chi connectivity index (χ3n) is 4.00. The highest BCUT2D eigenvalue weighted by Crippen LogP contribution is 2.18. The van der Waals surface area contributed by atoms with Crippen LogP contribution in [0.5, 0.6) is 0 Å². The summed E-state index contributed by atoms with van der Waals surface area (Å²) >= 11 is 0. The van der Waals surface area contributed by atoms with E-state index in [-0.39, 0.29) is 11.3 Å². The molecule has 1 aromatic heterocycles. The Morgan fingerprint density at radius 1 is 1.29 bits per heavy atom. The maximum atomic E-state index is 10.3. The molecule has 2 aromatic rings. The summed E-state index contributed by atoms with van der Waals surface area (Å²) < 4.78 is 0. The van der Waals surface area contributed by atoms with Gasteiger partial charge in [0, 0.05) is 0 Å². The third-order valence-corrected chi connectivity index (χ3v) is 4.00. The summed E-state index contributed by atoms with van der Waals surface area (Å²) in [6.07, 6.45) is 3.65. The van der Waals surface area contributed by atoms with Crippen molar-refractivity contribution < 1.29 is 10.0 Å². The van der Waals surface area contributed by atoms with Crippen LogP contribution in [0.1, 0.15) is 25.1 Å². The van der Waals surface area contributed by atoms with Gasteiger partial charge in [0.1, 0.15) is 18.2 Å². The normalized spacial score (nSPS) is 17.5. The largest absolute Gasteiger partial charge is 0.506 e. The molecule has 1 aromatic carbocycles. The number of imidazole rings is 1. The van der Waals surface area contributed by atoms with Crippen molar-refractivity contribution in [2.45, 2.75) is 19.3 Å². The summed E-state index contributed by atoms with van der Waals surface area (Å²) in [5.74, 6) is 0.584. The minimum absolute atomic E-state index is 0.133. The molecule has 0 radical (unpaired) electrons. The summed E-state index contributed by atoms with van der Waals surface area (Å²) in [5.41, 5.74) is 1.93. The molecule has 2 heterocycles. The molecule has 3 N–H and O–H groups in total. The number of likely N-dealkylation sites (tertiary alicyclic amines) is 1. The Morgan fingerprint density at radius 3 is 2.76 bits per heavy atom. The Labute approximate surface area is 123 Å². The first-order chi connectivity index (χ1) is 10.3. The molecule has 0 atom stereocenters. The molecular formula is C16H19N4O+. The van der Waals surface area contributed by atoms with Crippen LogP contribution in [0.25, 0.3) is 16.6 Å². The molecule has 1 fully saturated rings. The van der Waals surface area contributed by atoms with Crippen LogP contribution in [0.3, 0.4) is 0 Å². The van der Waals surface area contributed by atoms with Crippen LogP contribution in [-0.2, 0) is 0 Å². The second-order valence-corrected chi connectivity index (χ2v) is 5.52. The first-order valence-corrected chi connectivity index (χ1v) is 7.39. The molecule has 5 nitrogen and oxygen atoms in total. The monoisotopic (exact) mass is 283 g/mol. The Hall–Kier alpha value is -2.32. The van der Waals surface area contributed by atoms with E-state index in [0.29, 0.717) is 12.4 Å². The number of aliphatic hydroxyl groups excluding tert-OH is 1. The van der Waals surface area contributed by atoms with E-state index in [1.807, 2.05) is 24.3 Å². The SMILES string of the molecule is N#C/C(=C(/O)C[NH+]1CCCCC1)c1nc2ccccc2[nH]1. The quantitative estimate of drug-likeness (QED) is 0.589. The number of hydrogen-bond donors (Lipinski definition) is 3. The number of benzene rings is 1. The Bertz CT molecular complexity index is 671. The molecule has 1 aliphatic rings. The Kier molecular flexibility index (Phi) is 3.89. The number of hydrogen-bond acceptors (Lipinski definition) is 3. The lowest BCUT2D eigenvalue weighted by Crippen LogP contribution is -3.13. The number of aliphatic hydroxyl groups is 1. The lowest BCUT2D eigenvalue weighted by Gasteiger charge is -2.23. The predicted octanol–water partition coefficient (Wildman–Crippen LogP) is 1.42. The number of fused-ring (bicyclic) bond motifs is 1. The fourth-order valence-electron chi connectivity index (χ4n) is 2.88. The number of nitrogens with zero attached hydrogens (tertiary/aromatic N) is 2. The zero-order chi connectivity index (χ0) is 14.7. The number of quaternary nitrogens is 1. The molecule has 0 spiro atoms. The first-order valence-electron chi connectivity index (χ1n) is 7.39. The molecule has 0 bridgehead atoms.